The van der Waals surface area contributed by atoms with Crippen molar-refractivity contribution in [3.63, 3.8) is 0 Å². The van der Waals surface area contributed by atoms with E-state index in [0.29, 0.717) is 0 Å². The second kappa shape index (κ2) is 23.5. The van der Waals surface area contributed by atoms with Crippen LogP contribution in [0.5, 0.6) is 0 Å². The molecule has 0 atom stereocenters. The Morgan fingerprint density at radius 3 is 1.71 bits per heavy atom. The molecular formula is C20H37NO2S. The van der Waals surface area contributed by atoms with Gasteiger partial charge in [-0.05, 0) is 25.6 Å². The highest BCUT2D eigenvalue weighted by molar-refractivity contribution is 7.90. The van der Waals surface area contributed by atoms with Crippen molar-refractivity contribution in [2.45, 2.75) is 27.7 Å². The van der Waals surface area contributed by atoms with Crippen LogP contribution in [0, 0.1) is 0 Å². The summed E-state index contributed by atoms with van der Waals surface area (Å²) < 4.78 is 20.3. The normalized spacial score (nSPS) is 9.96. The van der Waals surface area contributed by atoms with Gasteiger partial charge in [-0.1, -0.05) is 69.5 Å². The van der Waals surface area contributed by atoms with Crippen LogP contribution in [-0.4, -0.2) is 39.4 Å². The van der Waals surface area contributed by atoms with E-state index in [4.69, 9.17) is 0 Å². The van der Waals surface area contributed by atoms with Gasteiger partial charge in [-0.15, -0.1) is 6.58 Å². The first-order valence-electron chi connectivity index (χ1n) is 7.83. The highest BCUT2D eigenvalue weighted by Crippen LogP contribution is 1.92. The quantitative estimate of drug-likeness (QED) is 0.486. The van der Waals surface area contributed by atoms with Crippen molar-refractivity contribution in [1.82, 2.24) is 4.90 Å². The van der Waals surface area contributed by atoms with Crippen LogP contribution in [0.2, 0.25) is 0 Å². The van der Waals surface area contributed by atoms with Gasteiger partial charge in [-0.3, -0.25) is 0 Å². The first kappa shape index (κ1) is 30.1. The molecule has 0 fully saturated rings. The first-order valence-corrected chi connectivity index (χ1v) is 9.89. The second-order valence-electron chi connectivity index (χ2n) is 4.49. The lowest BCUT2D eigenvalue weighted by Crippen LogP contribution is -1.98. The van der Waals surface area contributed by atoms with Gasteiger partial charge in [0.15, 0.2) is 9.84 Å². The zero-order chi connectivity index (χ0) is 20.0. The van der Waals surface area contributed by atoms with Crippen LogP contribution in [0.3, 0.4) is 0 Å². The molecule has 0 aromatic carbocycles. The molecular weight excluding hydrogens is 318 g/mol. The number of allylic oxidation sites excluding steroid dienone is 7. The van der Waals surface area contributed by atoms with Gasteiger partial charge in [0.1, 0.15) is 0 Å². The summed E-state index contributed by atoms with van der Waals surface area (Å²) in [7, 11) is 1.21. The van der Waals surface area contributed by atoms with Gasteiger partial charge in [-0.2, -0.15) is 0 Å². The maximum Gasteiger partial charge on any atom is 0.150 e. The van der Waals surface area contributed by atoms with Gasteiger partial charge in [0.25, 0.3) is 0 Å². The SMILES string of the molecule is C/C=C/N(C)C.C=CC(=C)/C=C/C=C/C.C=CCS(C)(=O)=O.CC. The summed E-state index contributed by atoms with van der Waals surface area (Å²) in [6, 6.07) is 0. The third kappa shape index (κ3) is 50.0. The largest absolute Gasteiger partial charge is 0.384 e. The molecule has 0 N–H and O–H groups in total. The summed E-state index contributed by atoms with van der Waals surface area (Å²) in [6.45, 7) is 18.5. The lowest BCUT2D eigenvalue weighted by atomic mass is 10.3. The Balaban J connectivity index is -0.000000121. The molecule has 0 saturated carbocycles. The van der Waals surface area contributed by atoms with E-state index in [2.05, 4.69) is 19.7 Å². The van der Waals surface area contributed by atoms with Crippen LogP contribution in [0.4, 0.5) is 0 Å². The van der Waals surface area contributed by atoms with Crippen LogP contribution >= 0.6 is 0 Å². The summed E-state index contributed by atoms with van der Waals surface area (Å²) in [6.07, 6.45) is 16.0. The molecule has 0 radical (unpaired) electrons. The fourth-order valence-corrected chi connectivity index (χ4v) is 1.30. The highest BCUT2D eigenvalue weighted by Gasteiger charge is 1.93. The van der Waals surface area contributed by atoms with Gasteiger partial charge >= 0.3 is 0 Å². The van der Waals surface area contributed by atoms with Crippen molar-refractivity contribution in [2.75, 3.05) is 26.1 Å². The van der Waals surface area contributed by atoms with E-state index in [9.17, 15) is 8.42 Å². The molecule has 0 aliphatic heterocycles. The van der Waals surface area contributed by atoms with Crippen molar-refractivity contribution in [1.29, 1.82) is 0 Å². The van der Waals surface area contributed by atoms with Gasteiger partial charge in [0.2, 0.25) is 0 Å². The molecule has 3 nitrogen and oxygen atoms in total. The lowest BCUT2D eigenvalue weighted by molar-refractivity contribution is 0.563. The summed E-state index contributed by atoms with van der Waals surface area (Å²) in [4.78, 5) is 2.00. The van der Waals surface area contributed by atoms with Crippen LogP contribution in [0.25, 0.3) is 0 Å². The molecule has 0 aromatic rings. The molecule has 0 aliphatic carbocycles. The fourth-order valence-electron chi connectivity index (χ4n) is 0.871. The average molecular weight is 356 g/mol. The smallest absolute Gasteiger partial charge is 0.150 e. The van der Waals surface area contributed by atoms with E-state index in [1.807, 2.05) is 83.3 Å². The van der Waals surface area contributed by atoms with Crippen molar-refractivity contribution >= 4 is 9.84 Å². The minimum Gasteiger partial charge on any atom is -0.384 e. The summed E-state index contributed by atoms with van der Waals surface area (Å²) in [5.74, 6) is 0.0764. The van der Waals surface area contributed by atoms with E-state index in [1.54, 1.807) is 6.08 Å². The molecule has 24 heavy (non-hydrogen) atoms. The second-order valence-corrected chi connectivity index (χ2v) is 6.68. The Labute approximate surface area is 151 Å². The van der Waals surface area contributed by atoms with Crippen LogP contribution in [0.15, 0.2) is 74.0 Å². The third-order valence-electron chi connectivity index (χ3n) is 1.74. The van der Waals surface area contributed by atoms with E-state index in [-0.39, 0.29) is 5.75 Å². The Bertz CT molecular complexity index is 482. The van der Waals surface area contributed by atoms with Crippen molar-refractivity contribution in [3.8, 4) is 0 Å². The number of sulfone groups is 1. The van der Waals surface area contributed by atoms with Gasteiger partial charge in [-0.25, -0.2) is 8.42 Å². The molecule has 0 aliphatic rings. The fraction of sp³-hybridized carbons (Fsp3) is 0.400. The summed E-state index contributed by atoms with van der Waals surface area (Å²) in [5, 5.41) is 0. The summed E-state index contributed by atoms with van der Waals surface area (Å²) in [5.41, 5.74) is 0.938. The molecule has 0 unspecified atom stereocenters. The van der Waals surface area contributed by atoms with Crippen LogP contribution < -0.4 is 0 Å². The number of rotatable bonds is 6. The first-order chi connectivity index (χ1) is 11.1. The molecule has 0 amide bonds. The van der Waals surface area contributed by atoms with Crippen LogP contribution in [0.1, 0.15) is 27.7 Å². The third-order valence-corrected chi connectivity index (χ3v) is 2.59. The molecule has 4 heteroatoms. The highest BCUT2D eigenvalue weighted by atomic mass is 32.2. The lowest BCUT2D eigenvalue weighted by Gasteiger charge is -1.99. The molecule has 0 rings (SSSR count). The minimum atomic E-state index is -2.79. The molecule has 0 bridgehead atoms. The Morgan fingerprint density at radius 1 is 1.04 bits per heavy atom. The molecule has 140 valence electrons. The van der Waals surface area contributed by atoms with Crippen molar-refractivity contribution in [2.24, 2.45) is 0 Å². The van der Waals surface area contributed by atoms with E-state index < -0.39 is 9.84 Å². The van der Waals surface area contributed by atoms with Crippen molar-refractivity contribution in [3.05, 3.63) is 74.0 Å². The molecule has 0 spiro atoms. The van der Waals surface area contributed by atoms with Crippen molar-refractivity contribution < 1.29 is 8.42 Å². The van der Waals surface area contributed by atoms with Crippen LogP contribution in [-0.2, 0) is 9.84 Å². The van der Waals surface area contributed by atoms with Gasteiger partial charge in [0, 0.05) is 20.4 Å². The average Bonchev–Trinajstić information content (AvgIpc) is 2.49. The molecule has 0 aromatic heterocycles. The predicted octanol–water partition coefficient (Wildman–Crippen LogP) is 5.19. The molecule has 0 heterocycles. The maximum atomic E-state index is 10.2. The topological polar surface area (TPSA) is 37.4 Å². The molecule has 0 saturated heterocycles. The Hall–Kier alpha value is -1.81. The Morgan fingerprint density at radius 2 is 1.54 bits per heavy atom. The number of hydrogen-bond donors (Lipinski definition) is 0. The number of nitrogens with zero attached hydrogens (tertiary/aromatic N) is 1. The predicted molar refractivity (Wildman–Crippen MR) is 113 cm³/mol. The standard InChI is InChI=1S/C9H12.C5H11N.C4H8O2S.C2H6/c1-4-6-7-8-9(3)5-2;1-4-5-6(2)3;1-3-4-7(2,5)6;1-2/h4-8H,2-3H2,1H3;4-5H,1-3H3;3H,1,4H2,2H3;1-2H3/b6-4+,8-7+;5-4+;;. The van der Waals surface area contributed by atoms with Gasteiger partial charge < -0.3 is 4.90 Å². The Kier molecular flexibility index (Phi) is 29.4. The van der Waals surface area contributed by atoms with E-state index in [0.717, 1.165) is 5.57 Å². The van der Waals surface area contributed by atoms with E-state index in [1.165, 1.54) is 12.3 Å². The van der Waals surface area contributed by atoms with Gasteiger partial charge in [0.05, 0.1) is 5.75 Å². The zero-order valence-corrected chi connectivity index (χ0v) is 17.4. The number of hydrogen-bond acceptors (Lipinski definition) is 3. The minimum absolute atomic E-state index is 0.0764. The maximum absolute atomic E-state index is 10.2. The monoisotopic (exact) mass is 355 g/mol. The summed E-state index contributed by atoms with van der Waals surface area (Å²) >= 11 is 0. The van der Waals surface area contributed by atoms with E-state index >= 15 is 0 Å². The zero-order valence-electron chi connectivity index (χ0n) is 16.6.